The van der Waals surface area contributed by atoms with Gasteiger partial charge in [0.15, 0.2) is 0 Å². The van der Waals surface area contributed by atoms with Crippen molar-refractivity contribution in [2.45, 2.75) is 50.8 Å². The van der Waals surface area contributed by atoms with E-state index in [0.29, 0.717) is 12.2 Å². The topological polar surface area (TPSA) is 66.4 Å². The summed E-state index contributed by atoms with van der Waals surface area (Å²) in [5.74, 6) is -0.857. The first-order valence-electron chi connectivity index (χ1n) is 5.96. The van der Waals surface area contributed by atoms with E-state index in [0.717, 1.165) is 12.8 Å². The fourth-order valence-corrected chi connectivity index (χ4v) is 2.61. The van der Waals surface area contributed by atoms with Crippen LogP contribution < -0.4 is 5.32 Å². The number of nitrogens with one attached hydrogen (secondary N) is 1. The molecule has 2 atom stereocenters. The van der Waals surface area contributed by atoms with Gasteiger partial charge in [-0.3, -0.25) is 9.59 Å². The normalized spacial score (nSPS) is 24.6. The third kappa shape index (κ3) is 4.98. The highest BCUT2D eigenvalue weighted by atomic mass is 32.2. The van der Waals surface area contributed by atoms with Crippen LogP contribution in [0.1, 0.15) is 40.0 Å². The summed E-state index contributed by atoms with van der Waals surface area (Å²) in [6.07, 6.45) is 2.34. The zero-order valence-electron chi connectivity index (χ0n) is 10.7. The van der Waals surface area contributed by atoms with E-state index in [9.17, 15) is 9.59 Å². The van der Waals surface area contributed by atoms with Crippen LogP contribution in [0.15, 0.2) is 0 Å². The number of carboxylic acids is 1. The van der Waals surface area contributed by atoms with Crippen molar-refractivity contribution in [2.75, 3.05) is 5.75 Å². The summed E-state index contributed by atoms with van der Waals surface area (Å²) < 4.78 is 0.0548. The van der Waals surface area contributed by atoms with E-state index in [1.807, 2.05) is 0 Å². The lowest BCUT2D eigenvalue weighted by Crippen LogP contribution is -2.41. The van der Waals surface area contributed by atoms with E-state index in [-0.39, 0.29) is 16.7 Å². The summed E-state index contributed by atoms with van der Waals surface area (Å²) in [5, 5.41) is 11.8. The quantitative estimate of drug-likeness (QED) is 0.809. The number of amides is 1. The standard InChI is InChI=1S/C12H21NO3S/c1-12(2,3)17-7-10(14)13-9-6-4-5-8(9)11(15)16/h8-9H,4-7H2,1-3H3,(H,13,14)(H,15,16)/t8-,9+/m0/s1. The molecule has 0 aliphatic heterocycles. The van der Waals surface area contributed by atoms with Crippen molar-refractivity contribution in [1.29, 1.82) is 0 Å². The van der Waals surface area contributed by atoms with Crippen molar-refractivity contribution < 1.29 is 14.7 Å². The Balaban J connectivity index is 2.38. The molecule has 0 bridgehead atoms. The summed E-state index contributed by atoms with van der Waals surface area (Å²) in [4.78, 5) is 22.6. The fourth-order valence-electron chi connectivity index (χ4n) is 1.96. The molecule has 0 radical (unpaired) electrons. The monoisotopic (exact) mass is 259 g/mol. The van der Waals surface area contributed by atoms with E-state index in [4.69, 9.17) is 5.11 Å². The van der Waals surface area contributed by atoms with Crippen LogP contribution in [-0.4, -0.2) is 33.5 Å². The summed E-state index contributed by atoms with van der Waals surface area (Å²) in [7, 11) is 0. The van der Waals surface area contributed by atoms with Gasteiger partial charge in [-0.25, -0.2) is 0 Å². The number of hydrogen-bond acceptors (Lipinski definition) is 3. The maximum absolute atomic E-state index is 11.7. The van der Waals surface area contributed by atoms with Gasteiger partial charge in [0.25, 0.3) is 0 Å². The zero-order valence-corrected chi connectivity index (χ0v) is 11.5. The number of carbonyl (C=O) groups is 2. The molecule has 2 N–H and O–H groups in total. The summed E-state index contributed by atoms with van der Waals surface area (Å²) >= 11 is 1.58. The van der Waals surface area contributed by atoms with Crippen LogP contribution in [-0.2, 0) is 9.59 Å². The van der Waals surface area contributed by atoms with Crippen LogP contribution in [0, 0.1) is 5.92 Å². The van der Waals surface area contributed by atoms with Crippen molar-refractivity contribution in [1.82, 2.24) is 5.32 Å². The lowest BCUT2D eigenvalue weighted by atomic mass is 10.0. The highest BCUT2D eigenvalue weighted by molar-refractivity contribution is 8.01. The number of rotatable bonds is 4. The third-order valence-electron chi connectivity index (χ3n) is 2.82. The molecule has 1 saturated carbocycles. The Kier molecular flexibility index (Phi) is 4.86. The number of thioether (sulfide) groups is 1. The smallest absolute Gasteiger partial charge is 0.308 e. The van der Waals surface area contributed by atoms with Crippen molar-refractivity contribution >= 4 is 23.6 Å². The van der Waals surface area contributed by atoms with Gasteiger partial charge in [0.05, 0.1) is 11.7 Å². The second kappa shape index (κ2) is 5.76. The number of carboxylic acid groups (broad SMARTS) is 1. The SMILES string of the molecule is CC(C)(C)SCC(=O)N[C@@H]1CCC[C@@H]1C(=O)O. The molecule has 5 heteroatoms. The van der Waals surface area contributed by atoms with E-state index < -0.39 is 11.9 Å². The molecule has 0 aromatic heterocycles. The van der Waals surface area contributed by atoms with Gasteiger partial charge >= 0.3 is 5.97 Å². The molecule has 0 heterocycles. The maximum atomic E-state index is 11.7. The van der Waals surface area contributed by atoms with Crippen molar-refractivity contribution in [2.24, 2.45) is 5.92 Å². The molecule has 1 amide bonds. The fraction of sp³-hybridized carbons (Fsp3) is 0.833. The van der Waals surface area contributed by atoms with E-state index in [2.05, 4.69) is 26.1 Å². The largest absolute Gasteiger partial charge is 0.481 e. The second-order valence-electron chi connectivity index (χ2n) is 5.45. The Bertz CT molecular complexity index is 299. The van der Waals surface area contributed by atoms with Crippen LogP contribution in [0.25, 0.3) is 0 Å². The van der Waals surface area contributed by atoms with E-state index in [1.165, 1.54) is 0 Å². The van der Waals surface area contributed by atoms with Crippen molar-refractivity contribution in [3.8, 4) is 0 Å². The van der Waals surface area contributed by atoms with E-state index >= 15 is 0 Å². The molecule has 1 aliphatic carbocycles. The van der Waals surface area contributed by atoms with Crippen molar-refractivity contribution in [3.63, 3.8) is 0 Å². The number of carbonyl (C=O) groups excluding carboxylic acids is 1. The Hall–Kier alpha value is -0.710. The Morgan fingerprint density at radius 1 is 1.35 bits per heavy atom. The molecular weight excluding hydrogens is 238 g/mol. The van der Waals surface area contributed by atoms with Crippen LogP contribution in [0.2, 0.25) is 0 Å². The van der Waals surface area contributed by atoms with Crippen LogP contribution in [0.4, 0.5) is 0 Å². The van der Waals surface area contributed by atoms with Gasteiger partial charge in [-0.15, -0.1) is 11.8 Å². The molecule has 1 aliphatic rings. The Morgan fingerprint density at radius 2 is 2.00 bits per heavy atom. The molecule has 1 fully saturated rings. The average molecular weight is 259 g/mol. The zero-order chi connectivity index (χ0) is 13.1. The van der Waals surface area contributed by atoms with Gasteiger partial charge in [-0.05, 0) is 12.8 Å². The number of hydrogen-bond donors (Lipinski definition) is 2. The molecule has 0 saturated heterocycles. The van der Waals surface area contributed by atoms with Gasteiger partial charge < -0.3 is 10.4 Å². The molecule has 98 valence electrons. The van der Waals surface area contributed by atoms with E-state index in [1.54, 1.807) is 11.8 Å². The maximum Gasteiger partial charge on any atom is 0.308 e. The van der Waals surface area contributed by atoms with Crippen LogP contribution in [0.5, 0.6) is 0 Å². The van der Waals surface area contributed by atoms with Gasteiger partial charge in [0, 0.05) is 10.8 Å². The highest BCUT2D eigenvalue weighted by Crippen LogP contribution is 2.27. The molecule has 1 rings (SSSR count). The number of aliphatic carboxylic acids is 1. The van der Waals surface area contributed by atoms with Gasteiger partial charge in [0.2, 0.25) is 5.91 Å². The van der Waals surface area contributed by atoms with Gasteiger partial charge in [-0.1, -0.05) is 27.2 Å². The Labute approximate surface area is 107 Å². The highest BCUT2D eigenvalue weighted by Gasteiger charge is 2.33. The molecule has 4 nitrogen and oxygen atoms in total. The minimum Gasteiger partial charge on any atom is -0.481 e. The predicted octanol–water partition coefficient (Wildman–Crippen LogP) is 1.89. The molecule has 0 aromatic carbocycles. The first-order valence-corrected chi connectivity index (χ1v) is 6.94. The lowest BCUT2D eigenvalue weighted by molar-refractivity contribution is -0.142. The van der Waals surface area contributed by atoms with Gasteiger partial charge in [-0.2, -0.15) is 0 Å². The van der Waals surface area contributed by atoms with Gasteiger partial charge in [0.1, 0.15) is 0 Å². The molecule has 17 heavy (non-hydrogen) atoms. The third-order valence-corrected chi connectivity index (χ3v) is 4.09. The first kappa shape index (κ1) is 14.4. The minimum atomic E-state index is -0.795. The molecule has 0 spiro atoms. The van der Waals surface area contributed by atoms with Crippen LogP contribution in [0.3, 0.4) is 0 Å². The van der Waals surface area contributed by atoms with Crippen LogP contribution >= 0.6 is 11.8 Å². The summed E-state index contributed by atoms with van der Waals surface area (Å²) in [6, 6.07) is -0.180. The minimum absolute atomic E-state index is 0.0527. The first-order chi connectivity index (χ1) is 7.79. The molecular formula is C12H21NO3S. The predicted molar refractivity (Wildman–Crippen MR) is 69.1 cm³/mol. The summed E-state index contributed by atoms with van der Waals surface area (Å²) in [5.41, 5.74) is 0. The Morgan fingerprint density at radius 3 is 2.53 bits per heavy atom. The molecule has 0 aromatic rings. The molecule has 0 unspecified atom stereocenters. The second-order valence-corrected chi connectivity index (χ2v) is 7.25. The average Bonchev–Trinajstić information content (AvgIpc) is 2.62. The summed E-state index contributed by atoms with van der Waals surface area (Å²) in [6.45, 7) is 6.17. The lowest BCUT2D eigenvalue weighted by Gasteiger charge is -2.20. The van der Waals surface area contributed by atoms with Crippen molar-refractivity contribution in [3.05, 3.63) is 0 Å².